The van der Waals surface area contributed by atoms with E-state index in [9.17, 15) is 19.2 Å². The highest BCUT2D eigenvalue weighted by Gasteiger charge is 2.12. The summed E-state index contributed by atoms with van der Waals surface area (Å²) in [7, 11) is 1.60. The normalized spacial score (nSPS) is 8.76. The molecule has 0 saturated heterocycles. The smallest absolute Gasteiger partial charge is 0.333 e. The van der Waals surface area contributed by atoms with Crippen LogP contribution in [0.25, 0.3) is 18.2 Å². The molecule has 0 fully saturated rings. The number of aryl methyl sites for hydroxylation is 1. The molecule has 0 atom stereocenters. The van der Waals surface area contributed by atoms with Crippen LogP contribution >= 0.6 is 0 Å². The molecule has 0 unspecified atom stereocenters. The molecule has 0 aromatic heterocycles. The fourth-order valence-corrected chi connectivity index (χ4v) is 5.23. The zero-order valence-electron chi connectivity index (χ0n) is 42.9. The third kappa shape index (κ3) is 38.1. The molecule has 0 aliphatic heterocycles. The van der Waals surface area contributed by atoms with Gasteiger partial charge in [-0.05, 0) is 82.5 Å². The third-order valence-electron chi connectivity index (χ3n) is 9.36. The average Bonchev–Trinajstić information content (AvgIpc) is 3.40. The quantitative estimate of drug-likeness (QED) is 0.0455. The van der Waals surface area contributed by atoms with Crippen molar-refractivity contribution in [3.05, 3.63) is 259 Å². The molecule has 0 amide bonds. The monoisotopic (exact) mass is 1070 g/mol. The first-order valence-electron chi connectivity index (χ1n) is 22.8. The average molecular weight is 1070 g/mol. The Morgan fingerprint density at radius 3 is 1.14 bits per heavy atom. The van der Waals surface area contributed by atoms with Crippen LogP contribution in [0.1, 0.15) is 124 Å². The van der Waals surface area contributed by atoms with E-state index in [0.717, 1.165) is 34.6 Å². The molecule has 0 N–H and O–H groups in total. The minimum atomic E-state index is -0.422. The Morgan fingerprint density at radius 1 is 0.462 bits per heavy atom. The van der Waals surface area contributed by atoms with E-state index in [1.54, 1.807) is 38.3 Å². The van der Waals surface area contributed by atoms with Crippen molar-refractivity contribution in [2.75, 3.05) is 7.11 Å². The van der Waals surface area contributed by atoms with E-state index in [1.165, 1.54) is 34.7 Å². The lowest BCUT2D eigenvalue weighted by Crippen LogP contribution is -2.10. The van der Waals surface area contributed by atoms with E-state index < -0.39 is 11.9 Å². The number of benzene rings is 6. The third-order valence-corrected chi connectivity index (χ3v) is 9.36. The Hall–Kier alpha value is -8.56. The van der Waals surface area contributed by atoms with Crippen LogP contribution in [0.2, 0.25) is 0 Å². The number of carbonyl (C=O) groups excluding carboxylic acids is 4. The molecule has 0 radical (unpaired) electrons. The molecule has 424 valence electrons. The van der Waals surface area contributed by atoms with Crippen LogP contribution in [0.15, 0.2) is 215 Å². The van der Waals surface area contributed by atoms with Crippen LogP contribution < -0.4 is 9.47 Å². The van der Waals surface area contributed by atoms with Gasteiger partial charge in [-0.1, -0.05) is 262 Å². The Balaban J connectivity index is -0.000000199. The van der Waals surface area contributed by atoms with Gasteiger partial charge in [0.25, 0.3) is 0 Å². The highest BCUT2D eigenvalue weighted by molar-refractivity contribution is 5.87. The van der Waals surface area contributed by atoms with E-state index in [1.807, 2.05) is 103 Å². The second-order valence-corrected chi connectivity index (χ2v) is 16.4. The number of esters is 4. The summed E-state index contributed by atoms with van der Waals surface area (Å²) in [5, 5.41) is 0. The lowest BCUT2D eigenvalue weighted by molar-refractivity contribution is -0.140. The summed E-state index contributed by atoms with van der Waals surface area (Å²) in [6, 6.07) is 50.4. The van der Waals surface area contributed by atoms with Crippen molar-refractivity contribution in [3.8, 4) is 11.5 Å². The first-order chi connectivity index (χ1) is 34.4. The van der Waals surface area contributed by atoms with Gasteiger partial charge in [0, 0.05) is 24.6 Å². The summed E-state index contributed by atoms with van der Waals surface area (Å²) in [6.45, 7) is 33.5. The molecule has 0 heterocycles. The van der Waals surface area contributed by atoms with Crippen LogP contribution in [0.4, 0.5) is 0 Å². The van der Waals surface area contributed by atoms with Crippen LogP contribution in [-0.4, -0.2) is 31.0 Å². The number of hydrogen-bond acceptors (Lipinski definition) is 9. The topological polar surface area (TPSA) is 114 Å². The molecular weight excluding hydrogens is 973 g/mol. The Bertz CT molecular complexity index is 2570. The lowest BCUT2D eigenvalue weighted by Gasteiger charge is -2.18. The molecule has 0 saturated carbocycles. The van der Waals surface area contributed by atoms with Gasteiger partial charge in [-0.2, -0.15) is 0 Å². The first kappa shape index (κ1) is 80.8. The molecule has 6 aromatic carbocycles. The van der Waals surface area contributed by atoms with E-state index in [-0.39, 0.29) is 75.1 Å². The van der Waals surface area contributed by atoms with E-state index in [0.29, 0.717) is 17.9 Å². The van der Waals surface area contributed by atoms with Crippen molar-refractivity contribution >= 4 is 42.1 Å². The second-order valence-electron chi connectivity index (χ2n) is 16.4. The summed E-state index contributed by atoms with van der Waals surface area (Å²) >= 11 is 0. The molecule has 6 aromatic rings. The first-order valence-corrected chi connectivity index (χ1v) is 22.8. The summed E-state index contributed by atoms with van der Waals surface area (Å²) in [4.78, 5) is 43.2. The molecule has 6 rings (SSSR count). The van der Waals surface area contributed by atoms with E-state index in [2.05, 4.69) is 116 Å². The van der Waals surface area contributed by atoms with E-state index >= 15 is 0 Å². The van der Waals surface area contributed by atoms with E-state index in [4.69, 9.17) is 23.7 Å². The maximum Gasteiger partial charge on any atom is 0.333 e. The number of ether oxygens (including phenoxy) is 5. The molecule has 9 heteroatoms. The zero-order chi connectivity index (χ0) is 53.7. The number of methoxy groups -OCH3 is 1. The summed E-state index contributed by atoms with van der Waals surface area (Å²) in [6.07, 6.45) is 7.85. The minimum Gasteiger partial charge on any atom is -0.497 e. The molecule has 0 bridgehead atoms. The van der Waals surface area contributed by atoms with Crippen LogP contribution in [-0.2, 0) is 58.6 Å². The lowest BCUT2D eigenvalue weighted by atomic mass is 9.87. The van der Waals surface area contributed by atoms with Crippen molar-refractivity contribution < 1.29 is 42.9 Å². The molecule has 0 spiro atoms. The highest BCUT2D eigenvalue weighted by Crippen LogP contribution is 2.22. The summed E-state index contributed by atoms with van der Waals surface area (Å²) in [5.41, 5.74) is 9.52. The summed E-state index contributed by atoms with van der Waals surface area (Å²) < 4.78 is 24.5. The number of hydrogen-bond donors (Lipinski definition) is 0. The van der Waals surface area contributed by atoms with Crippen molar-refractivity contribution in [3.63, 3.8) is 0 Å². The van der Waals surface area contributed by atoms with Crippen LogP contribution in [0.5, 0.6) is 11.5 Å². The Kier molecular flexibility index (Phi) is 48.6. The maximum absolute atomic E-state index is 11.1. The standard InChI is InChI=1S/C13H14O4.C12H16.C11H12O3.C10H10O2.C9H10.C8H8.6CH4/c1-9(2)13(15)16-8-11-4-6-12(7-5-11)17-10(3)14;1-5-10-6-8-11(9-7-10)12(2,3)4;1-3-11(12)14-8-9-4-6-10(13-2)7-5-9;1-2-10(11)12-8-9-6-4-3-5-7-9;1-3-9-6-4-8(2)5-7-9;1-2-8-6-4-3-5-7-8;;;;;;/h4-7H,1,8H2,2-3H3;5-9H,1H2,2-4H3;3-7H,1,8H2,2H3;2-7H,1,8H2;3-7H,1H2,2H3;2-7H,1H2;6*1H4. The van der Waals surface area contributed by atoms with Crippen molar-refractivity contribution in [2.45, 2.75) is 111 Å². The maximum atomic E-state index is 11.1. The molecule has 0 aliphatic rings. The van der Waals surface area contributed by atoms with Crippen molar-refractivity contribution in [2.24, 2.45) is 0 Å². The van der Waals surface area contributed by atoms with Crippen molar-refractivity contribution in [1.29, 1.82) is 0 Å². The number of rotatable bonds is 14. The van der Waals surface area contributed by atoms with Crippen LogP contribution in [0, 0.1) is 6.92 Å². The van der Waals surface area contributed by atoms with Gasteiger partial charge in [-0.15, -0.1) is 0 Å². The van der Waals surface area contributed by atoms with Gasteiger partial charge in [0.2, 0.25) is 0 Å². The fourth-order valence-electron chi connectivity index (χ4n) is 5.23. The van der Waals surface area contributed by atoms with Gasteiger partial charge < -0.3 is 23.7 Å². The molecule has 0 aliphatic carbocycles. The minimum absolute atomic E-state index is 0. The van der Waals surface area contributed by atoms with Gasteiger partial charge in [0.15, 0.2) is 0 Å². The SMILES string of the molecule is C.C.C.C.C.C.C=C(C)C(=O)OCc1ccc(OC(C)=O)cc1.C=CC(=O)OCc1ccc(OC)cc1.C=CC(=O)OCc1ccccc1.C=Cc1ccc(C(C)(C)C)cc1.C=Cc1ccc(C)cc1.C=Cc1ccccc1. The van der Waals surface area contributed by atoms with Gasteiger partial charge in [-0.3, -0.25) is 4.79 Å². The van der Waals surface area contributed by atoms with Gasteiger partial charge in [-0.25, -0.2) is 14.4 Å². The van der Waals surface area contributed by atoms with Gasteiger partial charge in [0.1, 0.15) is 31.3 Å². The fraction of sp³-hybridized carbons (Fsp3) is 0.246. The van der Waals surface area contributed by atoms with Crippen LogP contribution in [0.3, 0.4) is 0 Å². The predicted octanol–water partition coefficient (Wildman–Crippen LogP) is 18.5. The molecule has 78 heavy (non-hydrogen) atoms. The molecular formula is C69H94O9. The Labute approximate surface area is 472 Å². The highest BCUT2D eigenvalue weighted by atomic mass is 16.5. The van der Waals surface area contributed by atoms with Crippen molar-refractivity contribution in [1.82, 2.24) is 0 Å². The summed E-state index contributed by atoms with van der Waals surface area (Å²) in [5.74, 6) is -0.350. The molecule has 9 nitrogen and oxygen atoms in total. The largest absolute Gasteiger partial charge is 0.497 e. The van der Waals surface area contributed by atoms with Gasteiger partial charge in [0.05, 0.1) is 7.11 Å². The van der Waals surface area contributed by atoms with Gasteiger partial charge >= 0.3 is 23.9 Å². The predicted molar refractivity (Wildman–Crippen MR) is 335 cm³/mol. The zero-order valence-corrected chi connectivity index (χ0v) is 42.9. The Morgan fingerprint density at radius 2 is 0.808 bits per heavy atom. The number of carbonyl (C=O) groups is 4. The second kappa shape index (κ2) is 46.9.